The maximum absolute atomic E-state index is 12.8. The number of nitrogens with one attached hydrogen (secondary N) is 4. The van der Waals surface area contributed by atoms with Gasteiger partial charge in [-0.1, -0.05) is 6.07 Å². The SMILES string of the molecule is O=C(Nc1ccc(Nc2ccc(NC(=O)c3ccc4cc[nH]c4c3)cc2)cc1)c1ccc(N2CCC(O)CC2)cc1. The Labute approximate surface area is 238 Å². The molecule has 206 valence electrons. The van der Waals surface area contributed by atoms with E-state index in [1.807, 2.05) is 103 Å². The summed E-state index contributed by atoms with van der Waals surface area (Å²) < 4.78 is 0. The Balaban J connectivity index is 1.01. The zero-order chi connectivity index (χ0) is 28.2. The fourth-order valence-corrected chi connectivity index (χ4v) is 4.98. The third kappa shape index (κ3) is 6.23. The summed E-state index contributed by atoms with van der Waals surface area (Å²) in [6, 6.07) is 30.1. The van der Waals surface area contributed by atoms with Crippen LogP contribution in [0.5, 0.6) is 0 Å². The van der Waals surface area contributed by atoms with E-state index in [4.69, 9.17) is 0 Å². The Hall–Kier alpha value is -5.08. The fraction of sp³-hybridized carbons (Fsp3) is 0.152. The van der Waals surface area contributed by atoms with E-state index in [2.05, 4.69) is 25.8 Å². The Morgan fingerprint density at radius 2 is 1.22 bits per heavy atom. The second-order valence-corrected chi connectivity index (χ2v) is 10.2. The number of benzene rings is 4. The van der Waals surface area contributed by atoms with Crippen molar-refractivity contribution < 1.29 is 14.7 Å². The van der Waals surface area contributed by atoms with Gasteiger partial charge in [0.05, 0.1) is 6.10 Å². The van der Waals surface area contributed by atoms with Crippen LogP contribution in [0.15, 0.2) is 103 Å². The summed E-state index contributed by atoms with van der Waals surface area (Å²) in [6.45, 7) is 1.64. The number of fused-ring (bicyclic) bond motifs is 1. The second kappa shape index (κ2) is 11.6. The van der Waals surface area contributed by atoms with Crippen LogP contribution in [-0.2, 0) is 0 Å². The molecule has 1 fully saturated rings. The maximum Gasteiger partial charge on any atom is 0.255 e. The molecule has 1 aromatic heterocycles. The van der Waals surface area contributed by atoms with Crippen molar-refractivity contribution in [3.05, 3.63) is 114 Å². The van der Waals surface area contributed by atoms with E-state index in [1.54, 1.807) is 0 Å². The standard InChI is InChI=1S/C33H31N5O3/c39-30-16-19-38(20-17-30)29-13-3-23(4-14-29)32(40)36-27-9-5-25(6-10-27)35-26-7-11-28(12-8-26)37-33(41)24-2-1-22-15-18-34-31(22)21-24/h1-15,18,21,30,34-35,39H,16-17,19-20H2,(H,36,40)(H,37,41). The Bertz CT molecular complexity index is 1650. The van der Waals surface area contributed by atoms with E-state index < -0.39 is 0 Å². The summed E-state index contributed by atoms with van der Waals surface area (Å²) in [4.78, 5) is 30.8. The maximum atomic E-state index is 12.8. The number of piperidine rings is 1. The van der Waals surface area contributed by atoms with Crippen molar-refractivity contribution in [2.24, 2.45) is 0 Å². The van der Waals surface area contributed by atoms with E-state index in [9.17, 15) is 14.7 Å². The van der Waals surface area contributed by atoms with E-state index in [1.165, 1.54) is 0 Å². The zero-order valence-electron chi connectivity index (χ0n) is 22.4. The number of H-pyrrole nitrogens is 1. The molecule has 0 radical (unpaired) electrons. The first-order valence-electron chi connectivity index (χ1n) is 13.7. The molecule has 0 bridgehead atoms. The van der Waals surface area contributed by atoms with Gasteiger partial charge in [-0.3, -0.25) is 9.59 Å². The minimum atomic E-state index is -0.213. The molecule has 1 saturated heterocycles. The van der Waals surface area contributed by atoms with Crippen molar-refractivity contribution in [1.29, 1.82) is 0 Å². The Kier molecular flexibility index (Phi) is 7.38. The third-order valence-corrected chi connectivity index (χ3v) is 7.35. The van der Waals surface area contributed by atoms with Gasteiger partial charge in [-0.15, -0.1) is 0 Å². The molecule has 0 unspecified atom stereocenters. The first-order valence-corrected chi connectivity index (χ1v) is 13.7. The number of amides is 2. The molecule has 2 heterocycles. The number of hydrogen-bond donors (Lipinski definition) is 5. The molecule has 1 aliphatic rings. The van der Waals surface area contributed by atoms with Crippen LogP contribution in [0.2, 0.25) is 0 Å². The highest BCUT2D eigenvalue weighted by molar-refractivity contribution is 6.06. The molecule has 8 heteroatoms. The zero-order valence-corrected chi connectivity index (χ0v) is 22.4. The highest BCUT2D eigenvalue weighted by Gasteiger charge is 2.17. The van der Waals surface area contributed by atoms with E-state index in [0.29, 0.717) is 22.5 Å². The Morgan fingerprint density at radius 3 is 1.83 bits per heavy atom. The van der Waals surface area contributed by atoms with Gasteiger partial charge in [0.25, 0.3) is 11.8 Å². The fourth-order valence-electron chi connectivity index (χ4n) is 4.98. The minimum absolute atomic E-state index is 0.168. The quantitative estimate of drug-likeness (QED) is 0.163. The molecule has 5 aromatic rings. The van der Waals surface area contributed by atoms with Gasteiger partial charge in [-0.05, 0) is 109 Å². The highest BCUT2D eigenvalue weighted by atomic mass is 16.3. The van der Waals surface area contributed by atoms with Gasteiger partial charge in [0, 0.05) is 64.4 Å². The number of hydrogen-bond acceptors (Lipinski definition) is 5. The number of carbonyl (C=O) groups is 2. The number of aromatic amines is 1. The lowest BCUT2D eigenvalue weighted by molar-refractivity contribution is 0.101. The minimum Gasteiger partial charge on any atom is -0.393 e. The van der Waals surface area contributed by atoms with E-state index >= 15 is 0 Å². The lowest BCUT2D eigenvalue weighted by Gasteiger charge is -2.31. The van der Waals surface area contributed by atoms with Crippen LogP contribution < -0.4 is 20.9 Å². The number of carbonyl (C=O) groups excluding carboxylic acids is 2. The van der Waals surface area contributed by atoms with Gasteiger partial charge in [0.2, 0.25) is 0 Å². The summed E-state index contributed by atoms with van der Waals surface area (Å²) in [5.74, 6) is -0.338. The summed E-state index contributed by atoms with van der Waals surface area (Å²) in [7, 11) is 0. The topological polar surface area (TPSA) is 109 Å². The molecule has 6 rings (SSSR count). The molecule has 1 aliphatic heterocycles. The largest absolute Gasteiger partial charge is 0.393 e. The third-order valence-electron chi connectivity index (χ3n) is 7.35. The van der Waals surface area contributed by atoms with Gasteiger partial charge in [-0.25, -0.2) is 0 Å². The highest BCUT2D eigenvalue weighted by Crippen LogP contribution is 2.24. The van der Waals surface area contributed by atoms with Crippen LogP contribution in [0.4, 0.5) is 28.4 Å². The van der Waals surface area contributed by atoms with Crippen molar-refractivity contribution in [2.75, 3.05) is 33.9 Å². The number of aliphatic hydroxyl groups excluding tert-OH is 1. The summed E-state index contributed by atoms with van der Waals surface area (Å²) >= 11 is 0. The number of aromatic nitrogens is 1. The van der Waals surface area contributed by atoms with Crippen molar-refractivity contribution in [1.82, 2.24) is 4.98 Å². The average molecular weight is 546 g/mol. The molecule has 2 amide bonds. The monoisotopic (exact) mass is 545 g/mol. The lowest BCUT2D eigenvalue weighted by atomic mass is 10.1. The van der Waals surface area contributed by atoms with Crippen LogP contribution in [0.1, 0.15) is 33.6 Å². The van der Waals surface area contributed by atoms with Crippen molar-refractivity contribution in [3.8, 4) is 0 Å². The summed E-state index contributed by atoms with van der Waals surface area (Å²) in [5.41, 5.74) is 6.31. The molecule has 41 heavy (non-hydrogen) atoms. The molecule has 4 aromatic carbocycles. The van der Waals surface area contributed by atoms with Gasteiger partial charge < -0.3 is 30.9 Å². The predicted molar refractivity (Wildman–Crippen MR) is 164 cm³/mol. The summed E-state index contributed by atoms with van der Waals surface area (Å²) in [5, 5.41) is 20.0. The van der Waals surface area contributed by atoms with Crippen LogP contribution in [0, 0.1) is 0 Å². The summed E-state index contributed by atoms with van der Waals surface area (Å²) in [6.07, 6.45) is 3.17. The number of rotatable bonds is 7. The van der Waals surface area contributed by atoms with Crippen molar-refractivity contribution >= 4 is 51.2 Å². The second-order valence-electron chi connectivity index (χ2n) is 10.2. The first-order chi connectivity index (χ1) is 20.0. The Morgan fingerprint density at radius 1 is 0.683 bits per heavy atom. The van der Waals surface area contributed by atoms with Crippen LogP contribution in [0.25, 0.3) is 10.9 Å². The number of aliphatic hydroxyl groups is 1. The van der Waals surface area contributed by atoms with Crippen molar-refractivity contribution in [3.63, 3.8) is 0 Å². The first kappa shape index (κ1) is 26.2. The number of anilines is 5. The van der Waals surface area contributed by atoms with E-state index in [-0.39, 0.29) is 17.9 Å². The normalized spacial score (nSPS) is 13.6. The van der Waals surface area contributed by atoms with Gasteiger partial charge >= 0.3 is 0 Å². The smallest absolute Gasteiger partial charge is 0.255 e. The average Bonchev–Trinajstić information content (AvgIpc) is 3.48. The lowest BCUT2D eigenvalue weighted by Crippen LogP contribution is -2.35. The van der Waals surface area contributed by atoms with Gasteiger partial charge in [0.1, 0.15) is 0 Å². The van der Waals surface area contributed by atoms with Crippen LogP contribution in [-0.4, -0.2) is 41.1 Å². The predicted octanol–water partition coefficient (Wildman–Crippen LogP) is 6.38. The molecule has 0 atom stereocenters. The molecule has 8 nitrogen and oxygen atoms in total. The van der Waals surface area contributed by atoms with Crippen molar-refractivity contribution in [2.45, 2.75) is 18.9 Å². The van der Waals surface area contributed by atoms with E-state index in [0.717, 1.165) is 53.9 Å². The molecular weight excluding hydrogens is 514 g/mol. The number of nitrogens with zero attached hydrogens (tertiary/aromatic N) is 1. The molecule has 5 N–H and O–H groups in total. The molecule has 0 spiro atoms. The molecular formula is C33H31N5O3. The van der Waals surface area contributed by atoms with Crippen LogP contribution >= 0.6 is 0 Å². The van der Waals surface area contributed by atoms with Crippen LogP contribution in [0.3, 0.4) is 0 Å². The molecule has 0 aliphatic carbocycles. The van der Waals surface area contributed by atoms with Gasteiger partial charge in [-0.2, -0.15) is 0 Å². The van der Waals surface area contributed by atoms with Gasteiger partial charge in [0.15, 0.2) is 0 Å². The molecule has 0 saturated carbocycles.